The maximum Gasteiger partial charge on any atom is 0.0871 e. The smallest absolute Gasteiger partial charge is 0.0871 e. The van der Waals surface area contributed by atoms with Crippen molar-refractivity contribution in [1.82, 2.24) is 4.98 Å². The summed E-state index contributed by atoms with van der Waals surface area (Å²) >= 11 is 6.23. The van der Waals surface area contributed by atoms with Gasteiger partial charge in [-0.05, 0) is 25.5 Å². The van der Waals surface area contributed by atoms with Gasteiger partial charge in [-0.1, -0.05) is 12.1 Å². The van der Waals surface area contributed by atoms with E-state index in [1.807, 2.05) is 31.2 Å². The number of halogens is 1. The van der Waals surface area contributed by atoms with E-state index in [1.165, 1.54) is 0 Å². The Morgan fingerprint density at radius 3 is 2.92 bits per heavy atom. The Kier molecular flexibility index (Phi) is 2.88. The summed E-state index contributed by atoms with van der Waals surface area (Å²) in [5, 5.41) is 0. The van der Waals surface area contributed by atoms with Crippen molar-refractivity contribution in [2.75, 3.05) is 0 Å². The Balaban J connectivity index is 2.89. The summed E-state index contributed by atoms with van der Waals surface area (Å²) < 4.78 is 0. The molecule has 1 unspecified atom stereocenters. The summed E-state index contributed by atoms with van der Waals surface area (Å²) in [7, 11) is 0. The zero-order chi connectivity index (χ0) is 9.03. The molecule has 2 heteroatoms. The fourth-order valence-electron chi connectivity index (χ4n) is 1.05. The molecule has 0 fully saturated rings. The second kappa shape index (κ2) is 3.72. The molecule has 0 bridgehead atoms. The van der Waals surface area contributed by atoms with Crippen molar-refractivity contribution in [3.05, 3.63) is 42.7 Å². The fraction of sp³-hybridized carbons (Fsp3) is 0.300. The van der Waals surface area contributed by atoms with Crippen molar-refractivity contribution in [2.24, 2.45) is 0 Å². The van der Waals surface area contributed by atoms with Crippen LogP contribution in [-0.2, 0) is 4.87 Å². The van der Waals surface area contributed by atoms with Crippen LogP contribution in [0.2, 0.25) is 0 Å². The van der Waals surface area contributed by atoms with Gasteiger partial charge < -0.3 is 0 Å². The largest absolute Gasteiger partial charge is 0.259 e. The number of allylic oxidation sites excluding steroid dienone is 1. The first-order chi connectivity index (χ1) is 5.67. The van der Waals surface area contributed by atoms with Crippen molar-refractivity contribution >= 4 is 11.6 Å². The van der Waals surface area contributed by atoms with Gasteiger partial charge in [-0.25, -0.2) is 0 Å². The van der Waals surface area contributed by atoms with E-state index in [9.17, 15) is 0 Å². The SMILES string of the molecule is C=CCC(C)(Cl)c1ccccn1. The molecule has 0 saturated heterocycles. The lowest BCUT2D eigenvalue weighted by atomic mass is 10.0. The molecular formula is C10H12ClN. The van der Waals surface area contributed by atoms with Gasteiger partial charge in [0.05, 0.1) is 10.6 Å². The lowest BCUT2D eigenvalue weighted by Gasteiger charge is -2.18. The van der Waals surface area contributed by atoms with Crippen LogP contribution < -0.4 is 0 Å². The average molecular weight is 182 g/mol. The van der Waals surface area contributed by atoms with Gasteiger partial charge in [-0.3, -0.25) is 4.98 Å². The first-order valence-electron chi connectivity index (χ1n) is 3.88. The molecule has 1 nitrogen and oxygen atoms in total. The predicted octanol–water partition coefficient (Wildman–Crippen LogP) is 3.11. The van der Waals surface area contributed by atoms with E-state index < -0.39 is 4.87 Å². The van der Waals surface area contributed by atoms with Crippen LogP contribution in [0, 0.1) is 0 Å². The van der Waals surface area contributed by atoms with Crippen LogP contribution in [0.4, 0.5) is 0 Å². The van der Waals surface area contributed by atoms with Crippen molar-refractivity contribution in [3.63, 3.8) is 0 Å². The maximum atomic E-state index is 6.23. The van der Waals surface area contributed by atoms with Crippen molar-refractivity contribution < 1.29 is 0 Å². The molecule has 0 aromatic carbocycles. The Bertz CT molecular complexity index is 254. The highest BCUT2D eigenvalue weighted by molar-refractivity contribution is 6.23. The second-order valence-electron chi connectivity index (χ2n) is 2.91. The topological polar surface area (TPSA) is 12.9 Å². The van der Waals surface area contributed by atoms with E-state index in [-0.39, 0.29) is 0 Å². The number of alkyl halides is 1. The number of nitrogens with zero attached hydrogens (tertiary/aromatic N) is 1. The van der Waals surface area contributed by atoms with E-state index in [1.54, 1.807) is 6.20 Å². The molecule has 0 amide bonds. The number of hydrogen-bond donors (Lipinski definition) is 0. The third kappa shape index (κ3) is 2.08. The molecule has 1 heterocycles. The minimum Gasteiger partial charge on any atom is -0.259 e. The van der Waals surface area contributed by atoms with Gasteiger partial charge in [0.2, 0.25) is 0 Å². The molecule has 0 aliphatic rings. The third-order valence-electron chi connectivity index (χ3n) is 1.73. The van der Waals surface area contributed by atoms with E-state index in [0.717, 1.165) is 12.1 Å². The molecule has 1 aromatic rings. The lowest BCUT2D eigenvalue weighted by Crippen LogP contribution is -2.13. The molecule has 0 radical (unpaired) electrons. The number of aromatic nitrogens is 1. The summed E-state index contributed by atoms with van der Waals surface area (Å²) in [6.07, 6.45) is 4.28. The van der Waals surface area contributed by atoms with Crippen molar-refractivity contribution in [1.29, 1.82) is 0 Å². The zero-order valence-corrected chi connectivity index (χ0v) is 7.88. The van der Waals surface area contributed by atoms with Gasteiger partial charge in [-0.2, -0.15) is 0 Å². The van der Waals surface area contributed by atoms with Gasteiger partial charge in [0.15, 0.2) is 0 Å². The van der Waals surface area contributed by atoms with Gasteiger partial charge in [-0.15, -0.1) is 18.2 Å². The molecule has 1 atom stereocenters. The third-order valence-corrected chi connectivity index (χ3v) is 2.07. The van der Waals surface area contributed by atoms with E-state index >= 15 is 0 Å². The molecule has 1 aromatic heterocycles. The summed E-state index contributed by atoms with van der Waals surface area (Å²) in [6, 6.07) is 5.74. The Hall–Kier alpha value is -0.820. The minimum absolute atomic E-state index is 0.414. The average Bonchev–Trinajstić information content (AvgIpc) is 2.06. The standard InChI is InChI=1S/C10H12ClN/c1-3-7-10(2,11)9-6-4-5-8-12-9/h3-6,8H,1,7H2,2H3. The fourth-order valence-corrected chi connectivity index (χ4v) is 1.27. The van der Waals surface area contributed by atoms with Crippen LogP contribution >= 0.6 is 11.6 Å². The molecule has 0 N–H and O–H groups in total. The van der Waals surface area contributed by atoms with E-state index in [0.29, 0.717) is 0 Å². The first kappa shape index (κ1) is 9.27. The second-order valence-corrected chi connectivity index (χ2v) is 3.74. The van der Waals surface area contributed by atoms with Gasteiger partial charge in [0.1, 0.15) is 0 Å². The van der Waals surface area contributed by atoms with Gasteiger partial charge in [0.25, 0.3) is 0 Å². The highest BCUT2D eigenvalue weighted by atomic mass is 35.5. The van der Waals surface area contributed by atoms with Gasteiger partial charge >= 0.3 is 0 Å². The molecule has 0 aliphatic carbocycles. The van der Waals surface area contributed by atoms with Crippen molar-refractivity contribution in [3.8, 4) is 0 Å². The monoisotopic (exact) mass is 181 g/mol. The molecule has 12 heavy (non-hydrogen) atoms. The summed E-state index contributed by atoms with van der Waals surface area (Å²) in [4.78, 5) is 3.78. The molecule has 0 spiro atoms. The van der Waals surface area contributed by atoms with Crippen LogP contribution in [0.25, 0.3) is 0 Å². The molecule has 0 saturated carbocycles. The predicted molar refractivity (Wildman–Crippen MR) is 52.3 cm³/mol. The van der Waals surface area contributed by atoms with Crippen LogP contribution in [0.15, 0.2) is 37.1 Å². The highest BCUT2D eigenvalue weighted by Crippen LogP contribution is 2.30. The molecule has 64 valence electrons. The summed E-state index contributed by atoms with van der Waals surface area (Å²) in [5.74, 6) is 0. The molecular weight excluding hydrogens is 170 g/mol. The number of pyridine rings is 1. The Morgan fingerprint density at radius 1 is 1.67 bits per heavy atom. The van der Waals surface area contributed by atoms with Gasteiger partial charge in [0, 0.05) is 6.20 Å². The lowest BCUT2D eigenvalue weighted by molar-refractivity contribution is 0.665. The zero-order valence-electron chi connectivity index (χ0n) is 7.13. The normalized spacial score (nSPS) is 15.2. The van der Waals surface area contributed by atoms with E-state index in [2.05, 4.69) is 11.6 Å². The highest BCUT2D eigenvalue weighted by Gasteiger charge is 2.22. The number of hydrogen-bond acceptors (Lipinski definition) is 1. The van der Waals surface area contributed by atoms with Crippen LogP contribution in [-0.4, -0.2) is 4.98 Å². The van der Waals surface area contributed by atoms with Crippen molar-refractivity contribution in [2.45, 2.75) is 18.2 Å². The number of rotatable bonds is 3. The van der Waals surface area contributed by atoms with Crippen LogP contribution in [0.5, 0.6) is 0 Å². The van der Waals surface area contributed by atoms with E-state index in [4.69, 9.17) is 11.6 Å². The molecule has 1 rings (SSSR count). The quantitative estimate of drug-likeness (QED) is 0.516. The first-order valence-corrected chi connectivity index (χ1v) is 4.26. The van der Waals surface area contributed by atoms with Crippen LogP contribution in [0.1, 0.15) is 19.0 Å². The Labute approximate surface area is 78.1 Å². The minimum atomic E-state index is -0.414. The summed E-state index contributed by atoms with van der Waals surface area (Å²) in [6.45, 7) is 5.60. The van der Waals surface area contributed by atoms with Crippen LogP contribution in [0.3, 0.4) is 0 Å². The summed E-state index contributed by atoms with van der Waals surface area (Å²) in [5.41, 5.74) is 0.895. The molecule has 0 aliphatic heterocycles. The maximum absolute atomic E-state index is 6.23. The Morgan fingerprint density at radius 2 is 2.42 bits per heavy atom.